The van der Waals surface area contributed by atoms with Crippen molar-refractivity contribution in [2.24, 2.45) is 5.92 Å². The highest BCUT2D eigenvalue weighted by molar-refractivity contribution is 5.55. The average molecular weight is 425 g/mol. The number of aromatic nitrogens is 2. The molecule has 0 aliphatic carbocycles. The molecule has 3 nitrogen and oxygen atoms in total. The van der Waals surface area contributed by atoms with Gasteiger partial charge >= 0.3 is 0 Å². The molecule has 0 fully saturated rings. The van der Waals surface area contributed by atoms with E-state index >= 15 is 0 Å². The van der Waals surface area contributed by atoms with Gasteiger partial charge in [0.05, 0.1) is 6.61 Å². The molecule has 1 aromatic heterocycles. The van der Waals surface area contributed by atoms with E-state index < -0.39 is 0 Å². The van der Waals surface area contributed by atoms with Crippen LogP contribution in [0, 0.1) is 5.92 Å². The van der Waals surface area contributed by atoms with E-state index in [-0.39, 0.29) is 0 Å². The van der Waals surface area contributed by atoms with Crippen LogP contribution < -0.4 is 4.74 Å². The first-order valence-electron chi connectivity index (χ1n) is 12.8. The van der Waals surface area contributed by atoms with Crippen molar-refractivity contribution in [2.45, 2.75) is 104 Å². The van der Waals surface area contributed by atoms with Gasteiger partial charge in [0.2, 0.25) is 0 Å². The molecule has 1 aromatic carbocycles. The molecule has 0 spiro atoms. The highest BCUT2D eigenvalue weighted by atomic mass is 16.5. The number of hydrogen-bond acceptors (Lipinski definition) is 3. The molecular formula is C28H44N2O. The van der Waals surface area contributed by atoms with Gasteiger partial charge in [0.25, 0.3) is 0 Å². The van der Waals surface area contributed by atoms with Gasteiger partial charge in [0.1, 0.15) is 5.75 Å². The SMILES string of the molecule is CCCCCCCCCCCCc1cnc(-c2ccc(OCC[C@@H](C)CC)cc2)nc1. The average Bonchev–Trinajstić information content (AvgIpc) is 2.81. The van der Waals surface area contributed by atoms with Crippen molar-refractivity contribution >= 4 is 0 Å². The predicted octanol–water partition coefficient (Wildman–Crippen LogP) is 8.42. The monoisotopic (exact) mass is 424 g/mol. The Hall–Kier alpha value is -1.90. The van der Waals surface area contributed by atoms with E-state index in [0.717, 1.165) is 36.6 Å². The van der Waals surface area contributed by atoms with Crippen LogP contribution in [0.4, 0.5) is 0 Å². The van der Waals surface area contributed by atoms with Gasteiger partial charge in [-0.1, -0.05) is 85.0 Å². The van der Waals surface area contributed by atoms with Crippen LogP contribution in [0.25, 0.3) is 11.4 Å². The number of ether oxygens (including phenoxy) is 1. The highest BCUT2D eigenvalue weighted by Gasteiger charge is 2.04. The van der Waals surface area contributed by atoms with Gasteiger partial charge in [-0.3, -0.25) is 0 Å². The normalized spacial score (nSPS) is 12.1. The molecule has 3 heteroatoms. The number of nitrogens with zero attached hydrogens (tertiary/aromatic N) is 2. The molecule has 2 aromatic rings. The minimum atomic E-state index is 0.714. The lowest BCUT2D eigenvalue weighted by Crippen LogP contribution is -2.03. The predicted molar refractivity (Wildman–Crippen MR) is 133 cm³/mol. The summed E-state index contributed by atoms with van der Waals surface area (Å²) in [5.74, 6) is 2.43. The molecule has 1 atom stereocenters. The molecule has 31 heavy (non-hydrogen) atoms. The molecule has 0 aliphatic rings. The van der Waals surface area contributed by atoms with Crippen LogP contribution >= 0.6 is 0 Å². The Morgan fingerprint density at radius 3 is 1.94 bits per heavy atom. The Morgan fingerprint density at radius 2 is 1.35 bits per heavy atom. The Morgan fingerprint density at radius 1 is 0.774 bits per heavy atom. The summed E-state index contributed by atoms with van der Waals surface area (Å²) in [5.41, 5.74) is 2.29. The number of unbranched alkanes of at least 4 members (excludes halogenated alkanes) is 9. The maximum Gasteiger partial charge on any atom is 0.159 e. The summed E-state index contributed by atoms with van der Waals surface area (Å²) in [6, 6.07) is 8.14. The van der Waals surface area contributed by atoms with Gasteiger partial charge in [-0.05, 0) is 55.0 Å². The van der Waals surface area contributed by atoms with Gasteiger partial charge in [-0.25, -0.2) is 9.97 Å². The van der Waals surface area contributed by atoms with Crippen molar-refractivity contribution in [1.82, 2.24) is 9.97 Å². The van der Waals surface area contributed by atoms with Gasteiger partial charge in [-0.2, -0.15) is 0 Å². The molecule has 0 saturated heterocycles. The van der Waals surface area contributed by atoms with Gasteiger partial charge in [0, 0.05) is 18.0 Å². The topological polar surface area (TPSA) is 35.0 Å². The highest BCUT2D eigenvalue weighted by Crippen LogP contribution is 2.20. The van der Waals surface area contributed by atoms with Crippen molar-refractivity contribution in [3.05, 3.63) is 42.2 Å². The zero-order valence-electron chi connectivity index (χ0n) is 20.2. The fourth-order valence-electron chi connectivity index (χ4n) is 3.73. The maximum atomic E-state index is 5.85. The fourth-order valence-corrected chi connectivity index (χ4v) is 3.73. The number of hydrogen-bond donors (Lipinski definition) is 0. The molecule has 0 saturated carbocycles. The molecule has 1 heterocycles. The van der Waals surface area contributed by atoms with E-state index in [2.05, 4.69) is 42.9 Å². The molecule has 0 aliphatic heterocycles. The van der Waals surface area contributed by atoms with Crippen molar-refractivity contribution in [2.75, 3.05) is 6.61 Å². The van der Waals surface area contributed by atoms with Crippen molar-refractivity contribution in [3.63, 3.8) is 0 Å². The molecule has 0 unspecified atom stereocenters. The minimum Gasteiger partial charge on any atom is -0.494 e. The van der Waals surface area contributed by atoms with Crippen molar-refractivity contribution < 1.29 is 4.74 Å². The molecule has 0 amide bonds. The van der Waals surface area contributed by atoms with E-state index in [1.165, 1.54) is 76.2 Å². The van der Waals surface area contributed by atoms with Gasteiger partial charge < -0.3 is 4.74 Å². The largest absolute Gasteiger partial charge is 0.494 e. The third-order valence-corrected chi connectivity index (χ3v) is 6.21. The molecule has 0 N–H and O–H groups in total. The molecule has 172 valence electrons. The van der Waals surface area contributed by atoms with Gasteiger partial charge in [-0.15, -0.1) is 0 Å². The maximum absolute atomic E-state index is 5.85. The lowest BCUT2D eigenvalue weighted by Gasteiger charge is -2.10. The fraction of sp³-hybridized carbons (Fsp3) is 0.643. The molecule has 0 bridgehead atoms. The summed E-state index contributed by atoms with van der Waals surface area (Å²) in [4.78, 5) is 9.17. The molecule has 2 rings (SSSR count). The Bertz CT molecular complexity index is 681. The second kappa shape index (κ2) is 15.8. The van der Waals surface area contributed by atoms with Crippen molar-refractivity contribution in [3.8, 4) is 17.1 Å². The first-order chi connectivity index (χ1) is 15.2. The standard InChI is InChI=1S/C28H44N2O/c1-4-6-7-8-9-10-11-12-13-14-15-25-22-29-28(30-23-25)26-16-18-27(19-17-26)31-21-20-24(3)5-2/h16-19,22-24H,4-15,20-21H2,1-3H3/t24-/m0/s1. The second-order valence-corrected chi connectivity index (χ2v) is 9.02. The Kier molecular flexibility index (Phi) is 13.0. The summed E-state index contributed by atoms with van der Waals surface area (Å²) in [7, 11) is 0. The first-order valence-corrected chi connectivity index (χ1v) is 12.8. The smallest absolute Gasteiger partial charge is 0.159 e. The van der Waals surface area contributed by atoms with E-state index in [9.17, 15) is 0 Å². The number of aryl methyl sites for hydroxylation is 1. The zero-order valence-corrected chi connectivity index (χ0v) is 20.2. The van der Waals surface area contributed by atoms with Crippen LogP contribution in [0.1, 0.15) is 103 Å². The summed E-state index contributed by atoms with van der Waals surface area (Å²) in [6.45, 7) is 7.55. The van der Waals surface area contributed by atoms with Crippen LogP contribution in [-0.2, 0) is 6.42 Å². The summed E-state index contributed by atoms with van der Waals surface area (Å²) in [5, 5.41) is 0. The van der Waals surface area contributed by atoms with E-state index in [1.807, 2.05) is 24.5 Å². The van der Waals surface area contributed by atoms with Crippen LogP contribution in [0.15, 0.2) is 36.7 Å². The first kappa shape index (κ1) is 25.4. The van der Waals surface area contributed by atoms with Gasteiger partial charge in [0.15, 0.2) is 5.82 Å². The van der Waals surface area contributed by atoms with Crippen LogP contribution in [-0.4, -0.2) is 16.6 Å². The van der Waals surface area contributed by atoms with E-state index in [4.69, 9.17) is 4.74 Å². The summed E-state index contributed by atoms with van der Waals surface area (Å²) in [6.07, 6.45) is 21.1. The van der Waals surface area contributed by atoms with Crippen molar-refractivity contribution in [1.29, 1.82) is 0 Å². The Labute approximate surface area is 191 Å². The zero-order chi connectivity index (χ0) is 22.2. The summed E-state index contributed by atoms with van der Waals surface area (Å²) >= 11 is 0. The second-order valence-electron chi connectivity index (χ2n) is 9.02. The lowest BCUT2D eigenvalue weighted by molar-refractivity contribution is 0.282. The lowest BCUT2D eigenvalue weighted by atomic mass is 10.0. The van der Waals surface area contributed by atoms with Crippen LogP contribution in [0.5, 0.6) is 5.75 Å². The quantitative estimate of drug-likeness (QED) is 0.239. The number of rotatable bonds is 17. The third-order valence-electron chi connectivity index (χ3n) is 6.21. The molecular weight excluding hydrogens is 380 g/mol. The van der Waals surface area contributed by atoms with E-state index in [0.29, 0.717) is 5.92 Å². The third kappa shape index (κ3) is 10.8. The molecule has 0 radical (unpaired) electrons. The minimum absolute atomic E-state index is 0.714. The summed E-state index contributed by atoms with van der Waals surface area (Å²) < 4.78 is 5.85. The van der Waals surface area contributed by atoms with Crippen LogP contribution in [0.2, 0.25) is 0 Å². The van der Waals surface area contributed by atoms with Crippen LogP contribution in [0.3, 0.4) is 0 Å². The Balaban J connectivity index is 1.63. The number of benzene rings is 1. The van der Waals surface area contributed by atoms with E-state index in [1.54, 1.807) is 0 Å².